The molecule has 1 aliphatic rings. The van der Waals surface area contributed by atoms with Crippen molar-refractivity contribution < 1.29 is 15.2 Å². The molecule has 1 atom stereocenters. The highest BCUT2D eigenvalue weighted by Gasteiger charge is 2.34. The molecule has 4 aromatic rings. The third-order valence-corrected chi connectivity index (χ3v) is 5.96. The number of benzene rings is 2. The predicted octanol–water partition coefficient (Wildman–Crippen LogP) is 0.989. The van der Waals surface area contributed by atoms with Crippen molar-refractivity contribution in [2.24, 2.45) is 0 Å². The molecule has 5 N–H and O–H groups in total. The van der Waals surface area contributed by atoms with E-state index in [2.05, 4.69) is 9.97 Å². The number of hydrogen-bond donors (Lipinski definition) is 4. The molecule has 0 saturated carbocycles. The maximum Gasteiger partial charge on any atom is 0.331 e. The quantitative estimate of drug-likeness (QED) is 0.395. The SMILES string of the molecule is COc1ccc2[nH]c3c(c2c1)CC[NH2+][C@@H]3c1c(O)n(Cc2ccccc2)c(=O)[nH]c1=O. The third kappa shape index (κ3) is 3.21. The van der Waals surface area contributed by atoms with Crippen LogP contribution < -0.4 is 21.3 Å². The summed E-state index contributed by atoms with van der Waals surface area (Å²) >= 11 is 0. The number of nitrogens with one attached hydrogen (secondary N) is 2. The third-order valence-electron chi connectivity index (χ3n) is 5.96. The number of aromatic hydroxyl groups is 1. The van der Waals surface area contributed by atoms with Crippen molar-refractivity contribution in [1.29, 1.82) is 0 Å². The van der Waals surface area contributed by atoms with Crippen LogP contribution in [0.5, 0.6) is 11.6 Å². The maximum atomic E-state index is 12.8. The molecule has 1 aliphatic heterocycles. The Morgan fingerprint density at radius 1 is 1.16 bits per heavy atom. The number of aromatic amines is 2. The Kier molecular flexibility index (Phi) is 4.63. The standard InChI is InChI=1S/C23H22N4O4/c1-31-14-7-8-17-16(11-14)15-9-10-24-20(19(15)25-17)18-21(28)26-23(30)27(22(18)29)12-13-5-3-2-4-6-13/h2-8,11,20,24-25,29H,9-10,12H2,1H3,(H,26,28,30)/p+1/t20-/m1/s1. The molecule has 8 heteroatoms. The zero-order chi connectivity index (χ0) is 21.5. The van der Waals surface area contributed by atoms with E-state index >= 15 is 0 Å². The molecule has 0 bridgehead atoms. The minimum Gasteiger partial charge on any atom is -0.497 e. The topological polar surface area (TPSA) is 117 Å². The molecule has 31 heavy (non-hydrogen) atoms. The summed E-state index contributed by atoms with van der Waals surface area (Å²) < 4.78 is 6.57. The van der Waals surface area contributed by atoms with Crippen LogP contribution in [0.3, 0.4) is 0 Å². The molecule has 0 fully saturated rings. The van der Waals surface area contributed by atoms with Gasteiger partial charge >= 0.3 is 5.69 Å². The Morgan fingerprint density at radius 3 is 2.74 bits per heavy atom. The second kappa shape index (κ2) is 7.48. The summed E-state index contributed by atoms with van der Waals surface area (Å²) in [5.41, 5.74) is 2.73. The summed E-state index contributed by atoms with van der Waals surface area (Å²) in [6, 6.07) is 14.7. The van der Waals surface area contributed by atoms with E-state index in [4.69, 9.17) is 4.74 Å². The van der Waals surface area contributed by atoms with E-state index in [1.807, 2.05) is 53.8 Å². The summed E-state index contributed by atoms with van der Waals surface area (Å²) in [6.07, 6.45) is 0.821. The highest BCUT2D eigenvalue weighted by atomic mass is 16.5. The highest BCUT2D eigenvalue weighted by Crippen LogP contribution is 2.33. The van der Waals surface area contributed by atoms with Crippen molar-refractivity contribution >= 4 is 10.9 Å². The van der Waals surface area contributed by atoms with E-state index in [-0.39, 0.29) is 18.0 Å². The second-order valence-electron chi connectivity index (χ2n) is 7.75. The van der Waals surface area contributed by atoms with Crippen LogP contribution >= 0.6 is 0 Å². The van der Waals surface area contributed by atoms with Gasteiger partial charge in [-0.3, -0.25) is 14.3 Å². The van der Waals surface area contributed by atoms with Crippen molar-refractivity contribution in [3.8, 4) is 11.6 Å². The number of quaternary nitrogens is 1. The van der Waals surface area contributed by atoms with Crippen molar-refractivity contribution in [2.45, 2.75) is 19.0 Å². The number of fused-ring (bicyclic) bond motifs is 3. The van der Waals surface area contributed by atoms with Gasteiger partial charge in [-0.2, -0.15) is 0 Å². The Balaban J connectivity index is 1.66. The van der Waals surface area contributed by atoms with Crippen molar-refractivity contribution in [1.82, 2.24) is 14.5 Å². The first-order chi connectivity index (χ1) is 15.1. The van der Waals surface area contributed by atoms with Crippen LogP contribution in [-0.4, -0.2) is 33.3 Å². The molecule has 2 aromatic heterocycles. The molecule has 3 heterocycles. The van der Waals surface area contributed by atoms with Gasteiger partial charge in [-0.15, -0.1) is 0 Å². The number of aromatic nitrogens is 3. The van der Waals surface area contributed by atoms with Gasteiger partial charge in [0.05, 0.1) is 25.9 Å². The van der Waals surface area contributed by atoms with Crippen molar-refractivity contribution in [3.05, 3.63) is 91.8 Å². The fourth-order valence-corrected chi connectivity index (χ4v) is 4.45. The summed E-state index contributed by atoms with van der Waals surface area (Å²) in [4.78, 5) is 31.1. The van der Waals surface area contributed by atoms with Crippen molar-refractivity contribution in [2.75, 3.05) is 13.7 Å². The number of methoxy groups -OCH3 is 1. The van der Waals surface area contributed by atoms with E-state index in [0.29, 0.717) is 0 Å². The molecule has 2 aromatic carbocycles. The lowest BCUT2D eigenvalue weighted by atomic mass is 9.95. The molecule has 0 radical (unpaired) electrons. The number of ether oxygens (including phenoxy) is 1. The second-order valence-corrected chi connectivity index (χ2v) is 7.75. The van der Waals surface area contributed by atoms with Crippen LogP contribution in [0.15, 0.2) is 58.1 Å². The van der Waals surface area contributed by atoms with Crippen LogP contribution in [0.25, 0.3) is 10.9 Å². The lowest BCUT2D eigenvalue weighted by Crippen LogP contribution is -2.87. The molecule has 0 aliphatic carbocycles. The average molecular weight is 419 g/mol. The predicted molar refractivity (Wildman–Crippen MR) is 116 cm³/mol. The minimum atomic E-state index is -0.632. The van der Waals surface area contributed by atoms with E-state index in [1.165, 1.54) is 4.57 Å². The average Bonchev–Trinajstić information content (AvgIpc) is 3.16. The minimum absolute atomic E-state index is 0.165. The summed E-state index contributed by atoms with van der Waals surface area (Å²) in [7, 11) is 1.63. The van der Waals surface area contributed by atoms with E-state index in [1.54, 1.807) is 7.11 Å². The lowest BCUT2D eigenvalue weighted by Gasteiger charge is -2.22. The molecule has 5 rings (SSSR count). The fourth-order valence-electron chi connectivity index (χ4n) is 4.45. The molecule has 0 spiro atoms. The molecule has 158 valence electrons. The zero-order valence-electron chi connectivity index (χ0n) is 17.0. The van der Waals surface area contributed by atoms with Gasteiger partial charge in [-0.05, 0) is 29.3 Å². The van der Waals surface area contributed by atoms with Crippen LogP contribution in [-0.2, 0) is 13.0 Å². The number of nitrogens with zero attached hydrogens (tertiary/aromatic N) is 1. The first-order valence-electron chi connectivity index (χ1n) is 10.2. The normalized spacial score (nSPS) is 15.7. The molecule has 8 nitrogen and oxygen atoms in total. The van der Waals surface area contributed by atoms with Gasteiger partial charge in [0.15, 0.2) is 6.04 Å². The number of nitrogens with two attached hydrogens (primary N) is 1. The Bertz CT molecular complexity index is 1380. The van der Waals surface area contributed by atoms with E-state index in [0.717, 1.165) is 46.4 Å². The van der Waals surface area contributed by atoms with Crippen LogP contribution in [0, 0.1) is 0 Å². The fraction of sp³-hybridized carbons (Fsp3) is 0.217. The number of rotatable bonds is 4. The zero-order valence-corrected chi connectivity index (χ0v) is 17.0. The molecule has 0 amide bonds. The number of hydrogen-bond acceptors (Lipinski definition) is 4. The van der Waals surface area contributed by atoms with Gasteiger partial charge in [0, 0.05) is 17.3 Å². The van der Waals surface area contributed by atoms with Crippen LogP contribution in [0.2, 0.25) is 0 Å². The van der Waals surface area contributed by atoms with E-state index in [9.17, 15) is 14.7 Å². The van der Waals surface area contributed by atoms with Crippen LogP contribution in [0.1, 0.15) is 28.4 Å². The Morgan fingerprint density at radius 2 is 1.97 bits per heavy atom. The summed E-state index contributed by atoms with van der Waals surface area (Å²) in [6.45, 7) is 0.914. The summed E-state index contributed by atoms with van der Waals surface area (Å²) in [5.74, 6) is 0.459. The highest BCUT2D eigenvalue weighted by molar-refractivity contribution is 5.86. The molecule has 0 saturated heterocycles. The Hall–Kier alpha value is -3.78. The first-order valence-corrected chi connectivity index (χ1v) is 10.2. The van der Waals surface area contributed by atoms with E-state index < -0.39 is 17.3 Å². The maximum absolute atomic E-state index is 12.8. The van der Waals surface area contributed by atoms with Gasteiger partial charge in [-0.1, -0.05) is 30.3 Å². The van der Waals surface area contributed by atoms with Gasteiger partial charge < -0.3 is 20.1 Å². The van der Waals surface area contributed by atoms with Gasteiger partial charge in [0.25, 0.3) is 5.56 Å². The summed E-state index contributed by atoms with van der Waals surface area (Å²) in [5, 5.41) is 14.1. The first kappa shape index (κ1) is 19.2. The monoisotopic (exact) mass is 419 g/mol. The lowest BCUT2D eigenvalue weighted by molar-refractivity contribution is -0.690. The van der Waals surface area contributed by atoms with Crippen molar-refractivity contribution in [3.63, 3.8) is 0 Å². The largest absolute Gasteiger partial charge is 0.497 e. The van der Waals surface area contributed by atoms with Gasteiger partial charge in [0.2, 0.25) is 5.88 Å². The van der Waals surface area contributed by atoms with Crippen LogP contribution in [0.4, 0.5) is 0 Å². The van der Waals surface area contributed by atoms with Gasteiger partial charge in [-0.25, -0.2) is 4.79 Å². The Labute approximate surface area is 177 Å². The smallest absolute Gasteiger partial charge is 0.331 e. The van der Waals surface area contributed by atoms with Gasteiger partial charge in [0.1, 0.15) is 11.3 Å². The molecular formula is C23H23N4O4+. The molecular weight excluding hydrogens is 396 g/mol. The molecule has 0 unspecified atom stereocenters. The number of H-pyrrole nitrogens is 2.